The van der Waals surface area contributed by atoms with Gasteiger partial charge in [0, 0.05) is 16.1 Å². The third kappa shape index (κ3) is 3.22. The van der Waals surface area contributed by atoms with Crippen LogP contribution >= 0.6 is 27.5 Å². The van der Waals surface area contributed by atoms with Crippen molar-refractivity contribution < 1.29 is 19.4 Å². The molecule has 0 saturated heterocycles. The zero-order chi connectivity index (χ0) is 15.9. The van der Waals surface area contributed by atoms with E-state index in [1.807, 2.05) is 0 Å². The van der Waals surface area contributed by atoms with E-state index in [2.05, 4.69) is 15.9 Å². The summed E-state index contributed by atoms with van der Waals surface area (Å²) in [6.45, 7) is 5.20. The molecular weight excluding hydrogens is 362 g/mol. The molecule has 0 aliphatic rings. The third-order valence-corrected chi connectivity index (χ3v) is 3.86. The van der Waals surface area contributed by atoms with E-state index in [1.54, 1.807) is 26.8 Å². The van der Waals surface area contributed by atoms with E-state index in [4.69, 9.17) is 16.3 Å². The van der Waals surface area contributed by atoms with E-state index in [9.17, 15) is 14.7 Å². The molecule has 0 aliphatic heterocycles. The Morgan fingerprint density at radius 1 is 1.33 bits per heavy atom. The van der Waals surface area contributed by atoms with Crippen LogP contribution in [0.15, 0.2) is 22.8 Å². The molecule has 0 spiro atoms. The molecule has 5 nitrogen and oxygen atoms in total. The summed E-state index contributed by atoms with van der Waals surface area (Å²) in [5.41, 5.74) is -0.293. The molecule has 1 N–H and O–H groups in total. The van der Waals surface area contributed by atoms with Crippen molar-refractivity contribution in [1.82, 2.24) is 4.57 Å². The van der Waals surface area contributed by atoms with Crippen LogP contribution in [0.25, 0.3) is 10.9 Å². The van der Waals surface area contributed by atoms with E-state index >= 15 is 0 Å². The van der Waals surface area contributed by atoms with Crippen LogP contribution in [0, 0.1) is 0 Å². The van der Waals surface area contributed by atoms with Crippen LogP contribution in [0.4, 0.5) is 4.79 Å². The fraction of sp³-hybridized carbons (Fsp3) is 0.286. The van der Waals surface area contributed by atoms with Gasteiger partial charge in [-0.25, -0.2) is 9.59 Å². The first-order chi connectivity index (χ1) is 9.60. The zero-order valence-electron chi connectivity index (χ0n) is 11.6. The number of carbonyl (C=O) groups is 2. The summed E-state index contributed by atoms with van der Waals surface area (Å²) in [4.78, 5) is 23.5. The second kappa shape index (κ2) is 5.35. The molecule has 1 aromatic carbocycles. The number of aromatic nitrogens is 1. The van der Waals surface area contributed by atoms with Gasteiger partial charge in [-0.3, -0.25) is 4.57 Å². The summed E-state index contributed by atoms with van der Waals surface area (Å²) in [6, 6.07) is 3.10. The Bertz CT molecular complexity index is 745. The van der Waals surface area contributed by atoms with Gasteiger partial charge in [0.15, 0.2) is 0 Å². The molecular formula is C14H13BrClNO4. The lowest BCUT2D eigenvalue weighted by atomic mass is 10.2. The highest BCUT2D eigenvalue weighted by Crippen LogP contribution is 2.31. The summed E-state index contributed by atoms with van der Waals surface area (Å²) in [6.07, 6.45) is 0.586. The number of aromatic carboxylic acids is 1. The number of hydrogen-bond acceptors (Lipinski definition) is 3. The quantitative estimate of drug-likeness (QED) is 0.795. The van der Waals surface area contributed by atoms with E-state index in [0.717, 1.165) is 4.57 Å². The van der Waals surface area contributed by atoms with Crippen molar-refractivity contribution >= 4 is 50.5 Å². The predicted octanol–water partition coefficient (Wildman–Crippen LogP) is 4.54. The molecule has 0 amide bonds. The molecule has 21 heavy (non-hydrogen) atoms. The molecule has 0 fully saturated rings. The van der Waals surface area contributed by atoms with Gasteiger partial charge in [-0.15, -0.1) is 0 Å². The highest BCUT2D eigenvalue weighted by Gasteiger charge is 2.23. The summed E-state index contributed by atoms with van der Waals surface area (Å²) in [7, 11) is 0. The van der Waals surface area contributed by atoms with Crippen molar-refractivity contribution in [1.29, 1.82) is 0 Å². The first-order valence-electron chi connectivity index (χ1n) is 6.07. The molecule has 0 saturated carbocycles. The second-order valence-corrected chi connectivity index (χ2v) is 6.74. The number of hydrogen-bond donors (Lipinski definition) is 1. The predicted molar refractivity (Wildman–Crippen MR) is 83.2 cm³/mol. The van der Waals surface area contributed by atoms with Gasteiger partial charge in [0.2, 0.25) is 0 Å². The lowest BCUT2D eigenvalue weighted by Gasteiger charge is -2.19. The third-order valence-electron chi connectivity index (χ3n) is 2.67. The largest absolute Gasteiger partial charge is 0.478 e. The average Bonchev–Trinajstić information content (AvgIpc) is 2.66. The summed E-state index contributed by atoms with van der Waals surface area (Å²) >= 11 is 9.27. The molecule has 2 aromatic rings. The van der Waals surface area contributed by atoms with Gasteiger partial charge < -0.3 is 9.84 Å². The first-order valence-corrected chi connectivity index (χ1v) is 7.24. The van der Waals surface area contributed by atoms with Gasteiger partial charge in [0.1, 0.15) is 5.60 Å². The maximum absolute atomic E-state index is 12.2. The molecule has 7 heteroatoms. The Hall–Kier alpha value is -1.53. The summed E-state index contributed by atoms with van der Waals surface area (Å²) in [5.74, 6) is -1.13. The van der Waals surface area contributed by atoms with Gasteiger partial charge >= 0.3 is 12.1 Å². The van der Waals surface area contributed by atoms with Crippen molar-refractivity contribution in [2.24, 2.45) is 0 Å². The van der Waals surface area contributed by atoms with E-state index in [-0.39, 0.29) is 5.56 Å². The molecule has 0 unspecified atom stereocenters. The number of fused-ring (bicyclic) bond motifs is 1. The lowest BCUT2D eigenvalue weighted by molar-refractivity contribution is 0.0544. The number of benzene rings is 1. The normalized spacial score (nSPS) is 11.7. The summed E-state index contributed by atoms with van der Waals surface area (Å²) in [5, 5.41) is 10.0. The van der Waals surface area contributed by atoms with Crippen LogP contribution < -0.4 is 0 Å². The molecule has 112 valence electrons. The molecule has 1 heterocycles. The smallest absolute Gasteiger partial charge is 0.419 e. The number of nitrogens with zero attached hydrogens (tertiary/aromatic N) is 1. The lowest BCUT2D eigenvalue weighted by Crippen LogP contribution is -2.26. The second-order valence-electron chi connectivity index (χ2n) is 5.48. The maximum Gasteiger partial charge on any atom is 0.419 e. The molecule has 0 atom stereocenters. The average molecular weight is 375 g/mol. The molecule has 0 radical (unpaired) electrons. The minimum Gasteiger partial charge on any atom is -0.478 e. The van der Waals surface area contributed by atoms with Crippen molar-refractivity contribution in [2.75, 3.05) is 0 Å². The maximum atomic E-state index is 12.2. The van der Waals surface area contributed by atoms with Crippen LogP contribution in [0.1, 0.15) is 31.1 Å². The minimum absolute atomic E-state index is 0.00762. The van der Waals surface area contributed by atoms with Gasteiger partial charge in [0.05, 0.1) is 16.1 Å². The molecule has 0 bridgehead atoms. The fourth-order valence-electron chi connectivity index (χ4n) is 1.85. The molecule has 2 rings (SSSR count). The summed E-state index contributed by atoms with van der Waals surface area (Å²) < 4.78 is 6.98. The van der Waals surface area contributed by atoms with E-state index in [0.29, 0.717) is 20.4 Å². The Labute approximate surface area is 134 Å². The SMILES string of the molecule is CC(C)(C)OC(=O)n1cc(C(=O)O)c2cc(Br)c(Cl)cc21. The van der Waals surface area contributed by atoms with Crippen LogP contribution in [-0.4, -0.2) is 27.3 Å². The van der Waals surface area contributed by atoms with E-state index in [1.165, 1.54) is 12.3 Å². The van der Waals surface area contributed by atoms with Crippen LogP contribution in [0.5, 0.6) is 0 Å². The number of carbonyl (C=O) groups excluding carboxylic acids is 1. The van der Waals surface area contributed by atoms with Gasteiger partial charge in [-0.05, 0) is 48.8 Å². The monoisotopic (exact) mass is 373 g/mol. The van der Waals surface area contributed by atoms with Crippen molar-refractivity contribution in [3.05, 3.63) is 33.4 Å². The van der Waals surface area contributed by atoms with Crippen molar-refractivity contribution in [2.45, 2.75) is 26.4 Å². The molecule has 0 aliphatic carbocycles. The van der Waals surface area contributed by atoms with E-state index < -0.39 is 17.7 Å². The van der Waals surface area contributed by atoms with Crippen LogP contribution in [-0.2, 0) is 4.74 Å². The Balaban J connectivity index is 2.67. The topological polar surface area (TPSA) is 68.5 Å². The number of carboxylic acids is 1. The standard InChI is InChI=1S/C14H13BrClNO4/c1-14(2,3)21-13(20)17-6-8(12(18)19)7-4-9(15)10(16)5-11(7)17/h4-6H,1-3H3,(H,18,19). The first kappa shape index (κ1) is 15.9. The number of ether oxygens (including phenoxy) is 1. The van der Waals surface area contributed by atoms with Gasteiger partial charge in [-0.1, -0.05) is 11.6 Å². The molecule has 1 aromatic heterocycles. The van der Waals surface area contributed by atoms with Crippen molar-refractivity contribution in [3.63, 3.8) is 0 Å². The Morgan fingerprint density at radius 2 is 1.95 bits per heavy atom. The highest BCUT2D eigenvalue weighted by atomic mass is 79.9. The highest BCUT2D eigenvalue weighted by molar-refractivity contribution is 9.10. The van der Waals surface area contributed by atoms with Gasteiger partial charge in [0.25, 0.3) is 0 Å². The minimum atomic E-state index is -1.13. The Kier molecular flexibility index (Phi) is 4.04. The Morgan fingerprint density at radius 3 is 2.48 bits per heavy atom. The van der Waals surface area contributed by atoms with Gasteiger partial charge in [-0.2, -0.15) is 0 Å². The zero-order valence-corrected chi connectivity index (χ0v) is 13.9. The number of rotatable bonds is 1. The van der Waals surface area contributed by atoms with Crippen LogP contribution in [0.3, 0.4) is 0 Å². The number of halogens is 2. The van der Waals surface area contributed by atoms with Crippen molar-refractivity contribution in [3.8, 4) is 0 Å². The number of carboxylic acid groups (broad SMARTS) is 1. The fourth-order valence-corrected chi connectivity index (χ4v) is 2.35. The van der Waals surface area contributed by atoms with Crippen LogP contribution in [0.2, 0.25) is 5.02 Å².